The summed E-state index contributed by atoms with van der Waals surface area (Å²) in [7, 11) is 1.60. The second-order valence-corrected chi connectivity index (χ2v) is 6.55. The third kappa shape index (κ3) is 4.85. The molecule has 2 amide bonds. The third-order valence-corrected chi connectivity index (χ3v) is 4.61. The number of nitrogens with one attached hydrogen (secondary N) is 2. The lowest BCUT2D eigenvalue weighted by molar-refractivity contribution is -0.125. The van der Waals surface area contributed by atoms with Crippen molar-refractivity contribution in [2.75, 3.05) is 19.0 Å². The minimum Gasteiger partial charge on any atom is -0.497 e. The lowest BCUT2D eigenvalue weighted by Crippen LogP contribution is -2.28. The van der Waals surface area contributed by atoms with Gasteiger partial charge < -0.3 is 15.4 Å². The molecule has 2 aromatic carbocycles. The van der Waals surface area contributed by atoms with Crippen molar-refractivity contribution < 1.29 is 14.3 Å². The standard InChI is InChI=1S/C21H24N2O3/c1-26-17-11-9-16(10-12-17)23-21(25)19-14-18(19)20(24)22-13-5-8-15-6-3-2-4-7-15/h2-4,6-7,9-12,18-19H,5,8,13-14H2,1H3,(H,22,24)(H,23,25). The molecule has 0 bridgehead atoms. The van der Waals surface area contributed by atoms with Gasteiger partial charge >= 0.3 is 0 Å². The first-order valence-corrected chi connectivity index (χ1v) is 8.94. The van der Waals surface area contributed by atoms with Crippen molar-refractivity contribution in [2.24, 2.45) is 11.8 Å². The van der Waals surface area contributed by atoms with Gasteiger partial charge in [0, 0.05) is 12.2 Å². The van der Waals surface area contributed by atoms with Gasteiger partial charge in [-0.1, -0.05) is 30.3 Å². The maximum absolute atomic E-state index is 12.2. The molecule has 1 aliphatic carbocycles. The van der Waals surface area contributed by atoms with E-state index in [1.807, 2.05) is 18.2 Å². The average molecular weight is 352 g/mol. The van der Waals surface area contributed by atoms with Crippen molar-refractivity contribution in [3.63, 3.8) is 0 Å². The molecule has 1 saturated carbocycles. The molecule has 0 radical (unpaired) electrons. The summed E-state index contributed by atoms with van der Waals surface area (Å²) in [5, 5.41) is 5.80. The molecular formula is C21H24N2O3. The minimum absolute atomic E-state index is 0.0204. The zero-order valence-corrected chi connectivity index (χ0v) is 14.9. The van der Waals surface area contributed by atoms with E-state index in [1.165, 1.54) is 5.56 Å². The molecule has 0 aliphatic heterocycles. The molecule has 0 spiro atoms. The SMILES string of the molecule is COc1ccc(NC(=O)C2CC2C(=O)NCCCc2ccccc2)cc1. The van der Waals surface area contributed by atoms with Crippen LogP contribution in [0.2, 0.25) is 0 Å². The summed E-state index contributed by atoms with van der Waals surface area (Å²) < 4.78 is 5.09. The van der Waals surface area contributed by atoms with E-state index in [4.69, 9.17) is 4.74 Å². The van der Waals surface area contributed by atoms with Gasteiger partial charge in [0.1, 0.15) is 5.75 Å². The van der Waals surface area contributed by atoms with Gasteiger partial charge in [0.05, 0.1) is 18.9 Å². The molecule has 2 N–H and O–H groups in total. The molecule has 2 aromatic rings. The van der Waals surface area contributed by atoms with E-state index in [0.717, 1.165) is 18.6 Å². The van der Waals surface area contributed by atoms with Crippen LogP contribution in [0.4, 0.5) is 5.69 Å². The Kier molecular flexibility index (Phi) is 5.89. The van der Waals surface area contributed by atoms with Crippen LogP contribution in [-0.4, -0.2) is 25.5 Å². The Balaban J connectivity index is 1.37. The normalized spacial score (nSPS) is 18.0. The number of hydrogen-bond acceptors (Lipinski definition) is 3. The molecular weight excluding hydrogens is 328 g/mol. The summed E-state index contributed by atoms with van der Waals surface area (Å²) in [6, 6.07) is 17.4. The molecule has 1 aliphatic rings. The summed E-state index contributed by atoms with van der Waals surface area (Å²) in [4.78, 5) is 24.4. The molecule has 0 saturated heterocycles. The number of rotatable bonds is 8. The first kappa shape index (κ1) is 18.0. The lowest BCUT2D eigenvalue weighted by Gasteiger charge is -2.07. The van der Waals surface area contributed by atoms with Crippen molar-refractivity contribution in [3.8, 4) is 5.75 Å². The predicted molar refractivity (Wildman–Crippen MR) is 101 cm³/mol. The predicted octanol–water partition coefficient (Wildman–Crippen LogP) is 3.02. The number of anilines is 1. The smallest absolute Gasteiger partial charge is 0.228 e. The Morgan fingerprint density at radius 2 is 1.69 bits per heavy atom. The highest BCUT2D eigenvalue weighted by molar-refractivity contribution is 5.99. The molecule has 0 heterocycles. The van der Waals surface area contributed by atoms with Crippen molar-refractivity contribution in [1.82, 2.24) is 5.32 Å². The van der Waals surface area contributed by atoms with E-state index in [9.17, 15) is 9.59 Å². The van der Waals surface area contributed by atoms with E-state index in [-0.39, 0.29) is 23.7 Å². The average Bonchev–Trinajstić information content (AvgIpc) is 3.48. The molecule has 3 rings (SSSR count). The fourth-order valence-corrected chi connectivity index (χ4v) is 2.96. The summed E-state index contributed by atoms with van der Waals surface area (Å²) in [6.07, 6.45) is 2.45. The number of methoxy groups -OCH3 is 1. The molecule has 2 unspecified atom stereocenters. The third-order valence-electron chi connectivity index (χ3n) is 4.61. The fraction of sp³-hybridized carbons (Fsp3) is 0.333. The van der Waals surface area contributed by atoms with Crippen LogP contribution in [0.3, 0.4) is 0 Å². The van der Waals surface area contributed by atoms with Crippen molar-refractivity contribution in [3.05, 3.63) is 60.2 Å². The topological polar surface area (TPSA) is 67.4 Å². The summed E-state index contributed by atoms with van der Waals surface area (Å²) in [6.45, 7) is 0.636. The van der Waals surface area contributed by atoms with Crippen LogP contribution in [0, 0.1) is 11.8 Å². The van der Waals surface area contributed by atoms with Crippen LogP contribution in [0.25, 0.3) is 0 Å². The molecule has 1 fully saturated rings. The maximum Gasteiger partial charge on any atom is 0.228 e. The van der Waals surface area contributed by atoms with Gasteiger partial charge in [-0.25, -0.2) is 0 Å². The second-order valence-electron chi connectivity index (χ2n) is 6.55. The van der Waals surface area contributed by atoms with Gasteiger partial charge in [-0.05, 0) is 49.1 Å². The van der Waals surface area contributed by atoms with Gasteiger partial charge in [-0.2, -0.15) is 0 Å². The highest BCUT2D eigenvalue weighted by Crippen LogP contribution is 2.39. The summed E-state index contributed by atoms with van der Waals surface area (Å²) in [5.41, 5.74) is 1.98. The minimum atomic E-state index is -0.230. The van der Waals surface area contributed by atoms with Crippen LogP contribution in [0.5, 0.6) is 5.75 Å². The van der Waals surface area contributed by atoms with Crippen LogP contribution in [0.15, 0.2) is 54.6 Å². The largest absolute Gasteiger partial charge is 0.497 e. The first-order chi connectivity index (χ1) is 12.7. The highest BCUT2D eigenvalue weighted by atomic mass is 16.5. The molecule has 2 atom stereocenters. The Labute approximate surface area is 153 Å². The Hall–Kier alpha value is -2.82. The fourth-order valence-electron chi connectivity index (χ4n) is 2.96. The van der Waals surface area contributed by atoms with Crippen LogP contribution < -0.4 is 15.4 Å². The molecule has 26 heavy (non-hydrogen) atoms. The first-order valence-electron chi connectivity index (χ1n) is 8.94. The molecule has 5 nitrogen and oxygen atoms in total. The van der Waals surface area contributed by atoms with Gasteiger partial charge in [-0.15, -0.1) is 0 Å². The number of carbonyl (C=O) groups excluding carboxylic acids is 2. The summed E-state index contributed by atoms with van der Waals surface area (Å²) >= 11 is 0. The van der Waals surface area contributed by atoms with Crippen molar-refractivity contribution >= 4 is 17.5 Å². The van der Waals surface area contributed by atoms with E-state index >= 15 is 0 Å². The van der Waals surface area contributed by atoms with Crippen LogP contribution in [-0.2, 0) is 16.0 Å². The number of amides is 2. The monoisotopic (exact) mass is 352 g/mol. The van der Waals surface area contributed by atoms with Crippen molar-refractivity contribution in [1.29, 1.82) is 0 Å². The lowest BCUT2D eigenvalue weighted by atomic mass is 10.1. The maximum atomic E-state index is 12.2. The van der Waals surface area contributed by atoms with Gasteiger partial charge in [0.2, 0.25) is 11.8 Å². The highest BCUT2D eigenvalue weighted by Gasteiger charge is 2.47. The van der Waals surface area contributed by atoms with Gasteiger partial charge in [0.15, 0.2) is 0 Å². The number of hydrogen-bond donors (Lipinski definition) is 2. The van der Waals surface area contributed by atoms with Crippen LogP contribution >= 0.6 is 0 Å². The number of aryl methyl sites for hydroxylation is 1. The number of carbonyl (C=O) groups is 2. The van der Waals surface area contributed by atoms with E-state index in [0.29, 0.717) is 18.7 Å². The van der Waals surface area contributed by atoms with Gasteiger partial charge in [-0.3, -0.25) is 9.59 Å². The number of ether oxygens (including phenoxy) is 1. The Morgan fingerprint density at radius 1 is 1.00 bits per heavy atom. The second kappa shape index (κ2) is 8.52. The van der Waals surface area contributed by atoms with E-state index < -0.39 is 0 Å². The molecule has 5 heteroatoms. The molecule has 0 aromatic heterocycles. The van der Waals surface area contributed by atoms with Gasteiger partial charge in [0.25, 0.3) is 0 Å². The zero-order valence-electron chi connectivity index (χ0n) is 14.9. The Bertz CT molecular complexity index is 744. The van der Waals surface area contributed by atoms with E-state index in [2.05, 4.69) is 22.8 Å². The van der Waals surface area contributed by atoms with Crippen molar-refractivity contribution in [2.45, 2.75) is 19.3 Å². The van der Waals surface area contributed by atoms with E-state index in [1.54, 1.807) is 31.4 Å². The Morgan fingerprint density at radius 3 is 2.38 bits per heavy atom. The van der Waals surface area contributed by atoms with Crippen LogP contribution in [0.1, 0.15) is 18.4 Å². The summed E-state index contributed by atoms with van der Waals surface area (Å²) in [5.74, 6) is 0.186. The quantitative estimate of drug-likeness (QED) is 0.718. The number of benzene rings is 2. The zero-order chi connectivity index (χ0) is 18.4. The molecule has 136 valence electrons.